The lowest BCUT2D eigenvalue weighted by molar-refractivity contribution is -0.133. The van der Waals surface area contributed by atoms with E-state index in [4.69, 9.17) is 5.73 Å². The molecule has 7 nitrogen and oxygen atoms in total. The molecule has 2 rings (SSSR count). The summed E-state index contributed by atoms with van der Waals surface area (Å²) in [6.45, 7) is 1.28. The first-order valence-electron chi connectivity index (χ1n) is 9.50. The van der Waals surface area contributed by atoms with Crippen LogP contribution in [0, 0.1) is 0 Å². The van der Waals surface area contributed by atoms with Crippen molar-refractivity contribution in [2.24, 2.45) is 5.73 Å². The fourth-order valence-electron chi connectivity index (χ4n) is 3.04. The van der Waals surface area contributed by atoms with Gasteiger partial charge in [-0.3, -0.25) is 4.79 Å². The molecule has 2 aromatic rings. The molecule has 158 valence electrons. The van der Waals surface area contributed by atoms with E-state index in [1.165, 1.54) is 24.3 Å². The lowest BCUT2D eigenvalue weighted by Crippen LogP contribution is -2.42. The highest BCUT2D eigenvalue weighted by molar-refractivity contribution is 7.89. The van der Waals surface area contributed by atoms with Gasteiger partial charge >= 0.3 is 0 Å². The van der Waals surface area contributed by atoms with Gasteiger partial charge in [0.2, 0.25) is 10.0 Å². The van der Waals surface area contributed by atoms with E-state index in [1.807, 2.05) is 14.1 Å². The molecule has 0 aliphatic rings. The van der Waals surface area contributed by atoms with Gasteiger partial charge in [-0.2, -0.15) is 0 Å². The number of carbonyl (C=O) groups is 1. The maximum atomic E-state index is 12.6. The molecule has 1 atom stereocenters. The first kappa shape index (κ1) is 23.0. The van der Waals surface area contributed by atoms with E-state index in [9.17, 15) is 18.3 Å². The largest absolute Gasteiger partial charge is 0.372 e. The molecule has 1 amide bonds. The number of nitrogens with zero attached hydrogens (tertiary/aromatic N) is 1. The maximum Gasteiger partial charge on any atom is 0.258 e. The van der Waals surface area contributed by atoms with Gasteiger partial charge in [0.05, 0.1) is 4.90 Å². The van der Waals surface area contributed by atoms with E-state index in [0.717, 1.165) is 25.8 Å². The van der Waals surface area contributed by atoms with Gasteiger partial charge in [0, 0.05) is 6.54 Å². The fourth-order valence-corrected chi connectivity index (χ4v) is 4.16. The Morgan fingerprint density at radius 1 is 1.03 bits per heavy atom. The summed E-state index contributed by atoms with van der Waals surface area (Å²) in [6.07, 6.45) is 2.63. The number of hydrogen-bond acceptors (Lipinski definition) is 5. The van der Waals surface area contributed by atoms with Gasteiger partial charge in [-0.25, -0.2) is 13.1 Å². The predicted molar refractivity (Wildman–Crippen MR) is 113 cm³/mol. The number of nitrogens with one attached hydrogen (secondary N) is 1. The molecular formula is C21H29N3O4S. The van der Waals surface area contributed by atoms with Crippen LogP contribution in [0.5, 0.6) is 0 Å². The fraction of sp³-hybridized carbons (Fsp3) is 0.381. The molecule has 0 heterocycles. The van der Waals surface area contributed by atoms with Gasteiger partial charge in [0.1, 0.15) is 0 Å². The van der Waals surface area contributed by atoms with Crippen LogP contribution in [0.4, 0.5) is 0 Å². The van der Waals surface area contributed by atoms with Crippen LogP contribution in [0.1, 0.15) is 30.4 Å². The van der Waals surface area contributed by atoms with Gasteiger partial charge in [-0.05, 0) is 56.7 Å². The Kier molecular flexibility index (Phi) is 7.92. The van der Waals surface area contributed by atoms with Crippen LogP contribution < -0.4 is 10.5 Å². The van der Waals surface area contributed by atoms with Crippen LogP contribution in [0.15, 0.2) is 59.5 Å². The van der Waals surface area contributed by atoms with Crippen molar-refractivity contribution in [3.63, 3.8) is 0 Å². The summed E-state index contributed by atoms with van der Waals surface area (Å²) in [5.74, 6) is -0.980. The first-order valence-corrected chi connectivity index (χ1v) is 11.0. The Morgan fingerprint density at radius 2 is 1.69 bits per heavy atom. The van der Waals surface area contributed by atoms with E-state index < -0.39 is 21.5 Å². The van der Waals surface area contributed by atoms with Gasteiger partial charge in [0.25, 0.3) is 5.91 Å². The van der Waals surface area contributed by atoms with Crippen LogP contribution in [-0.4, -0.2) is 51.5 Å². The zero-order chi connectivity index (χ0) is 21.5. The third-order valence-electron chi connectivity index (χ3n) is 4.68. The number of aliphatic hydroxyl groups is 1. The van der Waals surface area contributed by atoms with Crippen LogP contribution in [0.25, 0.3) is 0 Å². The number of sulfonamides is 1. The molecule has 0 fully saturated rings. The molecule has 1 unspecified atom stereocenters. The second kappa shape index (κ2) is 9.98. The molecule has 8 heteroatoms. The minimum Gasteiger partial charge on any atom is -0.372 e. The van der Waals surface area contributed by atoms with Gasteiger partial charge in [0.15, 0.2) is 5.60 Å². The molecule has 0 spiro atoms. The summed E-state index contributed by atoms with van der Waals surface area (Å²) < 4.78 is 27.9. The van der Waals surface area contributed by atoms with E-state index in [1.54, 1.807) is 30.3 Å². The monoisotopic (exact) mass is 419 g/mol. The Bertz CT molecular complexity index is 917. The quantitative estimate of drug-likeness (QED) is 0.477. The summed E-state index contributed by atoms with van der Waals surface area (Å²) >= 11 is 0. The third-order valence-corrected chi connectivity index (χ3v) is 6.14. The number of amides is 1. The summed E-state index contributed by atoms with van der Waals surface area (Å²) in [6, 6.07) is 13.9. The van der Waals surface area contributed by atoms with Gasteiger partial charge < -0.3 is 15.7 Å². The first-order chi connectivity index (χ1) is 13.7. The Balaban J connectivity index is 2.18. The SMILES string of the molecule is CN(C)CCCCCNS(=O)(=O)c1cccc(C(O)(C(N)=O)c2ccccc2)c1. The van der Waals surface area contributed by atoms with Crippen molar-refractivity contribution in [3.05, 3.63) is 65.7 Å². The van der Waals surface area contributed by atoms with Crippen LogP contribution in [0.3, 0.4) is 0 Å². The minimum absolute atomic E-state index is 0.0288. The van der Waals surface area contributed by atoms with Crippen molar-refractivity contribution in [2.45, 2.75) is 29.8 Å². The average molecular weight is 420 g/mol. The van der Waals surface area contributed by atoms with Crippen molar-refractivity contribution in [1.29, 1.82) is 0 Å². The van der Waals surface area contributed by atoms with Crippen LogP contribution in [0.2, 0.25) is 0 Å². The second-order valence-corrected chi connectivity index (χ2v) is 9.00. The molecule has 29 heavy (non-hydrogen) atoms. The van der Waals surface area contributed by atoms with E-state index >= 15 is 0 Å². The molecule has 0 aromatic heterocycles. The predicted octanol–water partition coefficient (Wildman–Crippen LogP) is 1.42. The molecule has 0 bridgehead atoms. The molecule has 0 saturated heterocycles. The Labute approximate surface area is 172 Å². The second-order valence-electron chi connectivity index (χ2n) is 7.23. The number of benzene rings is 2. The molecule has 0 radical (unpaired) electrons. The minimum atomic E-state index is -3.78. The van der Waals surface area contributed by atoms with E-state index in [2.05, 4.69) is 9.62 Å². The zero-order valence-electron chi connectivity index (χ0n) is 16.8. The van der Waals surface area contributed by atoms with Crippen molar-refractivity contribution >= 4 is 15.9 Å². The number of unbranched alkanes of at least 4 members (excludes halogenated alkanes) is 2. The molecule has 4 N–H and O–H groups in total. The maximum absolute atomic E-state index is 12.6. The molecule has 0 saturated carbocycles. The molecule has 0 aliphatic carbocycles. The van der Waals surface area contributed by atoms with Crippen LogP contribution >= 0.6 is 0 Å². The van der Waals surface area contributed by atoms with Crippen LogP contribution in [-0.2, 0) is 20.4 Å². The molecule has 0 aliphatic heterocycles. The number of rotatable bonds is 11. The average Bonchev–Trinajstić information content (AvgIpc) is 2.70. The van der Waals surface area contributed by atoms with Crippen molar-refractivity contribution < 1.29 is 18.3 Å². The molecular weight excluding hydrogens is 390 g/mol. The highest BCUT2D eigenvalue weighted by Gasteiger charge is 2.38. The lowest BCUT2D eigenvalue weighted by Gasteiger charge is -2.26. The number of nitrogens with two attached hydrogens (primary N) is 1. The zero-order valence-corrected chi connectivity index (χ0v) is 17.7. The van der Waals surface area contributed by atoms with Gasteiger partial charge in [-0.1, -0.05) is 48.9 Å². The summed E-state index contributed by atoms with van der Waals surface area (Å²) in [4.78, 5) is 14.2. The molecule has 2 aromatic carbocycles. The number of primary amides is 1. The highest BCUT2D eigenvalue weighted by Crippen LogP contribution is 2.30. The standard InChI is InChI=1S/C21H29N3O4S/c1-24(2)15-8-4-7-14-23-29(27,28)19-13-9-12-18(16-19)21(26,20(22)25)17-10-5-3-6-11-17/h3,5-6,9-13,16,23,26H,4,7-8,14-15H2,1-2H3,(H2,22,25). The normalized spacial score (nSPS) is 13.9. The van der Waals surface area contributed by atoms with Crippen molar-refractivity contribution in [1.82, 2.24) is 9.62 Å². The Morgan fingerprint density at radius 3 is 2.31 bits per heavy atom. The summed E-state index contributed by atoms with van der Waals surface area (Å²) in [5, 5.41) is 11.0. The number of hydrogen-bond donors (Lipinski definition) is 3. The van der Waals surface area contributed by atoms with E-state index in [0.29, 0.717) is 6.54 Å². The van der Waals surface area contributed by atoms with E-state index in [-0.39, 0.29) is 16.0 Å². The van der Waals surface area contributed by atoms with Gasteiger partial charge in [-0.15, -0.1) is 0 Å². The third kappa shape index (κ3) is 5.86. The Hall–Kier alpha value is -2.26. The van der Waals surface area contributed by atoms with Crippen molar-refractivity contribution in [3.8, 4) is 0 Å². The number of carbonyl (C=O) groups excluding carboxylic acids is 1. The summed E-state index contributed by atoms with van der Waals surface area (Å²) in [5.41, 5.74) is 3.73. The smallest absolute Gasteiger partial charge is 0.258 e. The summed E-state index contributed by atoms with van der Waals surface area (Å²) in [7, 11) is 0.219. The topological polar surface area (TPSA) is 113 Å². The van der Waals surface area contributed by atoms with Crippen molar-refractivity contribution in [2.75, 3.05) is 27.2 Å². The highest BCUT2D eigenvalue weighted by atomic mass is 32.2. The lowest BCUT2D eigenvalue weighted by atomic mass is 9.86.